The average molecular weight is 970 g/mol. The van der Waals surface area contributed by atoms with Gasteiger partial charge in [0.25, 0.3) is 0 Å². The van der Waals surface area contributed by atoms with Gasteiger partial charge in [0.05, 0.1) is 49.7 Å². The third-order valence-corrected chi connectivity index (χ3v) is 15.4. The molecule has 0 N–H and O–H groups in total. The molecule has 0 fully saturated rings. The predicted molar refractivity (Wildman–Crippen MR) is 314 cm³/mol. The highest BCUT2D eigenvalue weighted by Gasteiger charge is 2.25. The number of para-hydroxylation sites is 3. The van der Waals surface area contributed by atoms with Gasteiger partial charge in [-0.25, -0.2) is 9.97 Å². The quantitative estimate of drug-likeness (QED) is 0.160. The first kappa shape index (κ1) is 42.2. The maximum atomic E-state index is 6.51. The fourth-order valence-electron chi connectivity index (χ4n) is 12.1. The Labute approximate surface area is 436 Å². The van der Waals surface area contributed by atoms with E-state index >= 15 is 0 Å². The summed E-state index contributed by atoms with van der Waals surface area (Å²) in [4.78, 5) is 11.0. The first-order chi connectivity index (χ1) is 37.7. The second-order valence-corrected chi connectivity index (χ2v) is 19.7. The second-order valence-electron chi connectivity index (χ2n) is 19.7. The van der Waals surface area contributed by atoms with E-state index in [0.717, 1.165) is 99.9 Å². The lowest BCUT2D eigenvalue weighted by Gasteiger charge is -2.14. The first-order valence-electron chi connectivity index (χ1n) is 25.8. The number of fused-ring (bicyclic) bond motifs is 13. The van der Waals surface area contributed by atoms with Gasteiger partial charge in [-0.2, -0.15) is 0 Å². The average Bonchev–Trinajstić information content (AvgIpc) is 4.39. The summed E-state index contributed by atoms with van der Waals surface area (Å²) in [5, 5.41) is 8.97. The molecule has 6 nitrogen and oxygen atoms in total. The van der Waals surface area contributed by atoms with Crippen LogP contribution in [-0.4, -0.2) is 23.7 Å². The minimum Gasteiger partial charge on any atom is -0.456 e. The molecule has 16 aromatic rings. The van der Waals surface area contributed by atoms with Crippen LogP contribution in [0.4, 0.5) is 0 Å². The molecule has 0 aliphatic heterocycles. The third-order valence-electron chi connectivity index (χ3n) is 15.4. The van der Waals surface area contributed by atoms with Crippen molar-refractivity contribution in [3.8, 4) is 62.0 Å². The van der Waals surface area contributed by atoms with E-state index in [1.807, 2.05) is 30.3 Å². The molecule has 11 aromatic carbocycles. The number of hydrogen-bond acceptors (Lipinski definition) is 3. The highest BCUT2D eigenvalue weighted by atomic mass is 16.3. The van der Waals surface area contributed by atoms with E-state index in [4.69, 9.17) is 14.4 Å². The highest BCUT2D eigenvalue weighted by molar-refractivity contribution is 6.24. The van der Waals surface area contributed by atoms with Gasteiger partial charge in [-0.3, -0.25) is 4.57 Å². The van der Waals surface area contributed by atoms with Crippen LogP contribution in [0.5, 0.6) is 0 Å². The molecule has 5 aromatic heterocycles. The number of aromatic nitrogens is 5. The Morgan fingerprint density at radius 3 is 1.45 bits per heavy atom. The van der Waals surface area contributed by atoms with E-state index in [2.05, 4.69) is 244 Å². The summed E-state index contributed by atoms with van der Waals surface area (Å²) in [6, 6.07) is 93.3. The van der Waals surface area contributed by atoms with E-state index in [0.29, 0.717) is 5.82 Å². The van der Waals surface area contributed by atoms with Gasteiger partial charge in [0.15, 0.2) is 5.82 Å². The van der Waals surface area contributed by atoms with E-state index in [9.17, 15) is 0 Å². The molecule has 0 saturated heterocycles. The van der Waals surface area contributed by atoms with Crippen molar-refractivity contribution >= 4 is 87.5 Å². The molecule has 6 heteroatoms. The lowest BCUT2D eigenvalue weighted by molar-refractivity contribution is 0.669. The van der Waals surface area contributed by atoms with Gasteiger partial charge in [-0.15, -0.1) is 0 Å². The molecule has 5 heterocycles. The van der Waals surface area contributed by atoms with Gasteiger partial charge < -0.3 is 13.6 Å². The normalized spacial score (nSPS) is 11.9. The maximum Gasteiger partial charge on any atom is 0.162 e. The standard InChI is InChI=1S/C70H43N5O/c1-4-19-44(20-5-1)47-25-16-27-50(41-47)73-58-32-13-10-29-52(58)54-38-39-55-53-30-11-14-33-59(53)74(68(55)67(54)73)51-28-17-26-48(42-51)49-37-40-60-57(43-49)65-66(45-21-6-2-7-22-45)71-69(46-23-8-3-9-24-46)72-70(65)75(60)61-34-18-36-63-64(61)56-31-12-15-35-62(56)76-63/h1-43H. The molecule has 0 spiro atoms. The minimum absolute atomic E-state index is 0.663. The first-order valence-corrected chi connectivity index (χ1v) is 25.8. The van der Waals surface area contributed by atoms with E-state index in [1.54, 1.807) is 0 Å². The molecule has 76 heavy (non-hydrogen) atoms. The molecule has 0 saturated carbocycles. The SMILES string of the molecule is c1ccc(-c2cccc(-n3c4ccccc4c4ccc5c6ccccc6n(-c6cccc(-c7ccc8c(c7)c7c(-c9ccccc9)nc(-c9ccccc9)nc7n8-c7cccc8oc9ccccc9c78)c6)c5c43)c2)cc1. The summed E-state index contributed by atoms with van der Waals surface area (Å²) in [5.74, 6) is 0.663. The molecule has 0 aliphatic rings. The summed E-state index contributed by atoms with van der Waals surface area (Å²) >= 11 is 0. The Bertz CT molecular complexity index is 4980. The number of benzene rings is 11. The zero-order valence-electron chi connectivity index (χ0n) is 41.0. The monoisotopic (exact) mass is 969 g/mol. The fraction of sp³-hybridized carbons (Fsp3) is 0. The molecule has 0 atom stereocenters. The summed E-state index contributed by atoms with van der Waals surface area (Å²) in [6.45, 7) is 0. The van der Waals surface area contributed by atoms with Crippen molar-refractivity contribution in [2.24, 2.45) is 0 Å². The molecule has 0 aliphatic carbocycles. The van der Waals surface area contributed by atoms with Crippen molar-refractivity contribution in [2.45, 2.75) is 0 Å². The Morgan fingerprint density at radius 1 is 0.289 bits per heavy atom. The van der Waals surface area contributed by atoms with Crippen LogP contribution in [0.2, 0.25) is 0 Å². The molecular formula is C70H43N5O. The zero-order valence-corrected chi connectivity index (χ0v) is 41.0. The van der Waals surface area contributed by atoms with Crippen LogP contribution in [-0.2, 0) is 0 Å². The van der Waals surface area contributed by atoms with Gasteiger partial charge >= 0.3 is 0 Å². The van der Waals surface area contributed by atoms with Crippen LogP contribution in [0.3, 0.4) is 0 Å². The predicted octanol–water partition coefficient (Wildman–Crippen LogP) is 18.3. The van der Waals surface area contributed by atoms with Crippen molar-refractivity contribution in [3.05, 3.63) is 261 Å². The summed E-state index contributed by atoms with van der Waals surface area (Å²) < 4.78 is 13.8. The maximum absolute atomic E-state index is 6.51. The Kier molecular flexibility index (Phi) is 9.23. The molecule has 16 rings (SSSR count). The second kappa shape index (κ2) is 16.6. The van der Waals surface area contributed by atoms with Crippen LogP contribution in [0.1, 0.15) is 0 Å². The Morgan fingerprint density at radius 2 is 0.789 bits per heavy atom. The smallest absolute Gasteiger partial charge is 0.162 e. The van der Waals surface area contributed by atoms with Crippen LogP contribution in [0.15, 0.2) is 265 Å². The number of hydrogen-bond donors (Lipinski definition) is 0. The van der Waals surface area contributed by atoms with Crippen LogP contribution < -0.4 is 0 Å². The molecule has 354 valence electrons. The topological polar surface area (TPSA) is 53.7 Å². The number of nitrogens with zero attached hydrogens (tertiary/aromatic N) is 5. The summed E-state index contributed by atoms with van der Waals surface area (Å²) in [7, 11) is 0. The molecule has 0 bridgehead atoms. The van der Waals surface area contributed by atoms with Crippen molar-refractivity contribution in [1.29, 1.82) is 0 Å². The largest absolute Gasteiger partial charge is 0.456 e. The van der Waals surface area contributed by atoms with Crippen LogP contribution in [0.25, 0.3) is 149 Å². The lowest BCUT2D eigenvalue weighted by atomic mass is 10.0. The molecule has 0 radical (unpaired) electrons. The van der Waals surface area contributed by atoms with Crippen molar-refractivity contribution in [3.63, 3.8) is 0 Å². The van der Waals surface area contributed by atoms with Gasteiger partial charge in [0, 0.05) is 54.8 Å². The summed E-state index contributed by atoms with van der Waals surface area (Å²) in [6.07, 6.45) is 0. The van der Waals surface area contributed by atoms with E-state index in [-0.39, 0.29) is 0 Å². The van der Waals surface area contributed by atoms with Gasteiger partial charge in [-0.1, -0.05) is 194 Å². The van der Waals surface area contributed by atoms with E-state index < -0.39 is 0 Å². The van der Waals surface area contributed by atoms with Crippen molar-refractivity contribution in [2.75, 3.05) is 0 Å². The minimum atomic E-state index is 0.663. The fourth-order valence-corrected chi connectivity index (χ4v) is 12.1. The van der Waals surface area contributed by atoms with E-state index in [1.165, 1.54) is 43.7 Å². The van der Waals surface area contributed by atoms with Crippen LogP contribution in [0, 0.1) is 0 Å². The Balaban J connectivity index is 0.958. The number of furan rings is 1. The van der Waals surface area contributed by atoms with Gasteiger partial charge in [0.2, 0.25) is 0 Å². The molecular weight excluding hydrogens is 927 g/mol. The molecule has 0 amide bonds. The Hall–Kier alpha value is -10.3. The van der Waals surface area contributed by atoms with Crippen LogP contribution >= 0.6 is 0 Å². The van der Waals surface area contributed by atoms with Crippen molar-refractivity contribution in [1.82, 2.24) is 23.7 Å². The van der Waals surface area contributed by atoms with Crippen molar-refractivity contribution < 1.29 is 4.42 Å². The van der Waals surface area contributed by atoms with Gasteiger partial charge in [0.1, 0.15) is 16.8 Å². The third kappa shape index (κ3) is 6.34. The number of rotatable bonds is 7. The zero-order chi connectivity index (χ0) is 49.8. The summed E-state index contributed by atoms with van der Waals surface area (Å²) in [5.41, 5.74) is 18.8. The molecule has 0 unspecified atom stereocenters. The highest BCUT2D eigenvalue weighted by Crippen LogP contribution is 2.45. The van der Waals surface area contributed by atoms with Gasteiger partial charge in [-0.05, 0) is 89.0 Å². The lowest BCUT2D eigenvalue weighted by Crippen LogP contribution is -2.00.